The lowest BCUT2D eigenvalue weighted by Gasteiger charge is -2.10. The highest BCUT2D eigenvalue weighted by Gasteiger charge is 2.20. The van der Waals surface area contributed by atoms with Crippen LogP contribution >= 0.6 is 11.5 Å². The Morgan fingerprint density at radius 1 is 1.43 bits per heavy atom. The Morgan fingerprint density at radius 3 is 2.81 bits per heavy atom. The number of oxime groups is 1. The molecule has 110 valence electrons. The van der Waals surface area contributed by atoms with E-state index in [2.05, 4.69) is 20.1 Å². The third kappa shape index (κ3) is 3.16. The van der Waals surface area contributed by atoms with Gasteiger partial charge >= 0.3 is 0 Å². The molecule has 0 aliphatic rings. The van der Waals surface area contributed by atoms with Crippen molar-refractivity contribution in [2.24, 2.45) is 10.9 Å². The van der Waals surface area contributed by atoms with Gasteiger partial charge in [0.25, 0.3) is 5.91 Å². The number of carbonyl (C=O) groups excluding carboxylic acids is 1. The smallest absolute Gasteiger partial charge is 0.269 e. The first kappa shape index (κ1) is 14.9. The second-order valence-corrected chi connectivity index (χ2v) is 5.38. The van der Waals surface area contributed by atoms with Crippen molar-refractivity contribution in [2.45, 2.75) is 19.8 Å². The fraction of sp³-hybridized carbons (Fsp3) is 0.231. The van der Waals surface area contributed by atoms with Crippen LogP contribution in [0.3, 0.4) is 0 Å². The van der Waals surface area contributed by atoms with E-state index in [4.69, 9.17) is 10.9 Å². The number of amidine groups is 1. The molecule has 1 aromatic heterocycles. The lowest BCUT2D eigenvalue weighted by atomic mass is 10.1. The van der Waals surface area contributed by atoms with Gasteiger partial charge in [-0.1, -0.05) is 35.6 Å². The zero-order chi connectivity index (χ0) is 15.4. The number of nitrogens with zero attached hydrogens (tertiary/aromatic N) is 3. The summed E-state index contributed by atoms with van der Waals surface area (Å²) in [6.07, 6.45) is 0. The Bertz CT molecular complexity index is 681. The number of para-hydroxylation sites is 1. The quantitative estimate of drug-likeness (QED) is 0.346. The molecular weight excluding hydrogens is 290 g/mol. The first-order chi connectivity index (χ1) is 10.0. The molecule has 0 radical (unpaired) electrons. The highest BCUT2D eigenvalue weighted by Crippen LogP contribution is 2.22. The molecule has 0 saturated heterocycles. The summed E-state index contributed by atoms with van der Waals surface area (Å²) in [6.45, 7) is 3.88. The van der Waals surface area contributed by atoms with E-state index in [-0.39, 0.29) is 17.7 Å². The van der Waals surface area contributed by atoms with Crippen LogP contribution in [0.2, 0.25) is 0 Å². The van der Waals surface area contributed by atoms with E-state index >= 15 is 0 Å². The van der Waals surface area contributed by atoms with Crippen LogP contribution in [0, 0.1) is 0 Å². The molecule has 8 heteroatoms. The molecular formula is C13H15N5O2S. The summed E-state index contributed by atoms with van der Waals surface area (Å²) in [5, 5.41) is 18.5. The van der Waals surface area contributed by atoms with Gasteiger partial charge in [-0.2, -0.15) is 0 Å². The third-order valence-corrected chi connectivity index (χ3v) is 3.57. The number of nitrogens with two attached hydrogens (primary N) is 1. The fourth-order valence-electron chi connectivity index (χ4n) is 1.78. The Labute approximate surface area is 125 Å². The molecule has 21 heavy (non-hydrogen) atoms. The van der Waals surface area contributed by atoms with E-state index in [0.29, 0.717) is 21.8 Å². The van der Waals surface area contributed by atoms with Crippen LogP contribution in [0.4, 0.5) is 5.69 Å². The molecule has 2 aromatic rings. The van der Waals surface area contributed by atoms with Crippen molar-refractivity contribution >= 4 is 29.0 Å². The Morgan fingerprint density at radius 2 is 2.14 bits per heavy atom. The van der Waals surface area contributed by atoms with Crippen molar-refractivity contribution in [3.8, 4) is 0 Å². The predicted molar refractivity (Wildman–Crippen MR) is 80.9 cm³/mol. The summed E-state index contributed by atoms with van der Waals surface area (Å²) in [4.78, 5) is 12.8. The minimum atomic E-state index is -0.313. The molecule has 0 bridgehead atoms. The summed E-state index contributed by atoms with van der Waals surface area (Å²) in [5.41, 5.74) is 7.15. The van der Waals surface area contributed by atoms with Crippen LogP contribution in [0.25, 0.3) is 0 Å². The number of rotatable bonds is 4. The monoisotopic (exact) mass is 305 g/mol. The van der Waals surface area contributed by atoms with Gasteiger partial charge in [-0.3, -0.25) is 4.79 Å². The number of aromatic nitrogens is 2. The third-order valence-electron chi connectivity index (χ3n) is 2.83. The summed E-state index contributed by atoms with van der Waals surface area (Å²) < 4.78 is 3.82. The van der Waals surface area contributed by atoms with E-state index in [0.717, 1.165) is 11.5 Å². The normalized spacial score (nSPS) is 11.7. The number of hydrogen-bond donors (Lipinski definition) is 3. The van der Waals surface area contributed by atoms with Gasteiger partial charge < -0.3 is 16.3 Å². The van der Waals surface area contributed by atoms with Crippen LogP contribution in [0.15, 0.2) is 29.4 Å². The Balaban J connectivity index is 2.30. The maximum Gasteiger partial charge on any atom is 0.269 e. The summed E-state index contributed by atoms with van der Waals surface area (Å²) in [7, 11) is 0. The molecule has 0 aliphatic carbocycles. The van der Waals surface area contributed by atoms with E-state index in [9.17, 15) is 4.79 Å². The van der Waals surface area contributed by atoms with E-state index < -0.39 is 0 Å². The maximum atomic E-state index is 12.3. The summed E-state index contributed by atoms with van der Waals surface area (Å²) in [5.74, 6) is -0.284. The van der Waals surface area contributed by atoms with Gasteiger partial charge in [-0.05, 0) is 29.6 Å². The highest BCUT2D eigenvalue weighted by atomic mass is 32.1. The van der Waals surface area contributed by atoms with Gasteiger partial charge in [-0.25, -0.2) is 0 Å². The molecule has 1 heterocycles. The van der Waals surface area contributed by atoms with E-state index in [1.54, 1.807) is 24.3 Å². The molecule has 2 rings (SSSR count). The van der Waals surface area contributed by atoms with Gasteiger partial charge in [0, 0.05) is 5.56 Å². The van der Waals surface area contributed by atoms with Crippen LogP contribution in [0.1, 0.15) is 40.7 Å². The van der Waals surface area contributed by atoms with Crippen molar-refractivity contribution in [3.05, 3.63) is 40.4 Å². The lowest BCUT2D eigenvalue weighted by Crippen LogP contribution is -2.19. The highest BCUT2D eigenvalue weighted by molar-refractivity contribution is 7.08. The average Bonchev–Trinajstić information content (AvgIpc) is 2.96. The van der Waals surface area contributed by atoms with Crippen LogP contribution in [-0.2, 0) is 0 Å². The topological polar surface area (TPSA) is 113 Å². The molecule has 1 amide bonds. The molecule has 4 N–H and O–H groups in total. The lowest BCUT2D eigenvalue weighted by molar-refractivity contribution is 0.102. The molecule has 0 spiro atoms. The van der Waals surface area contributed by atoms with Gasteiger partial charge in [0.05, 0.1) is 11.4 Å². The minimum absolute atomic E-state index is 0.0718. The second kappa shape index (κ2) is 6.31. The molecule has 0 atom stereocenters. The van der Waals surface area contributed by atoms with Crippen molar-refractivity contribution in [1.29, 1.82) is 0 Å². The first-order valence-corrected chi connectivity index (χ1v) is 7.02. The standard InChI is InChI=1S/C13H15N5O2S/c1-7(2)10-11(21-18-16-10)13(19)15-9-6-4-3-5-8(9)12(14)17-20/h3-7,20H,1-2H3,(H2,14,17)(H,15,19). The van der Waals surface area contributed by atoms with Crippen LogP contribution in [0.5, 0.6) is 0 Å². The molecule has 7 nitrogen and oxygen atoms in total. The number of amides is 1. The number of nitrogens with one attached hydrogen (secondary N) is 1. The predicted octanol–water partition coefficient (Wildman–Crippen LogP) is 2.01. The molecule has 0 fully saturated rings. The Kier molecular flexibility index (Phi) is 4.49. The van der Waals surface area contributed by atoms with E-state index in [1.165, 1.54) is 0 Å². The Hall–Kier alpha value is -2.48. The molecule has 1 aromatic carbocycles. The number of anilines is 1. The fourth-order valence-corrected chi connectivity index (χ4v) is 2.50. The molecule has 0 saturated carbocycles. The van der Waals surface area contributed by atoms with Crippen molar-refractivity contribution in [1.82, 2.24) is 9.59 Å². The van der Waals surface area contributed by atoms with Crippen molar-refractivity contribution < 1.29 is 10.0 Å². The SMILES string of the molecule is CC(C)c1nnsc1C(=O)Nc1ccccc1C(N)=NO. The van der Waals surface area contributed by atoms with Gasteiger partial charge in [0.2, 0.25) is 0 Å². The second-order valence-electron chi connectivity index (χ2n) is 4.63. The number of hydrogen-bond acceptors (Lipinski definition) is 6. The van der Waals surface area contributed by atoms with Gasteiger partial charge in [0.1, 0.15) is 4.88 Å². The van der Waals surface area contributed by atoms with Crippen LogP contribution in [-0.4, -0.2) is 26.5 Å². The van der Waals surface area contributed by atoms with Crippen molar-refractivity contribution in [3.63, 3.8) is 0 Å². The van der Waals surface area contributed by atoms with Gasteiger partial charge in [-0.15, -0.1) is 5.10 Å². The zero-order valence-electron chi connectivity index (χ0n) is 11.6. The maximum absolute atomic E-state index is 12.3. The largest absolute Gasteiger partial charge is 0.409 e. The van der Waals surface area contributed by atoms with Crippen molar-refractivity contribution in [2.75, 3.05) is 5.32 Å². The number of carbonyl (C=O) groups is 1. The average molecular weight is 305 g/mol. The zero-order valence-corrected chi connectivity index (χ0v) is 12.4. The summed E-state index contributed by atoms with van der Waals surface area (Å²) in [6, 6.07) is 6.81. The summed E-state index contributed by atoms with van der Waals surface area (Å²) >= 11 is 1.04. The first-order valence-electron chi connectivity index (χ1n) is 6.25. The molecule has 0 aliphatic heterocycles. The minimum Gasteiger partial charge on any atom is -0.409 e. The van der Waals surface area contributed by atoms with Gasteiger partial charge in [0.15, 0.2) is 5.84 Å². The van der Waals surface area contributed by atoms with Crippen LogP contribution < -0.4 is 11.1 Å². The number of benzene rings is 1. The van der Waals surface area contributed by atoms with E-state index in [1.807, 2.05) is 13.8 Å². The molecule has 0 unspecified atom stereocenters.